The fourth-order valence-corrected chi connectivity index (χ4v) is 4.29. The van der Waals surface area contributed by atoms with Gasteiger partial charge in [-0.2, -0.15) is 0 Å². The normalized spacial score (nSPS) is 22.2. The summed E-state index contributed by atoms with van der Waals surface area (Å²) in [6.45, 7) is 6.29. The lowest BCUT2D eigenvalue weighted by Gasteiger charge is -2.35. The average molecular weight is 365 g/mol. The molecule has 0 unspecified atom stereocenters. The molecule has 3 aliphatic rings. The Morgan fingerprint density at radius 1 is 1.19 bits per heavy atom. The molecular formula is C21H27N5O. The number of carbonyl (C=O) groups is 1. The highest BCUT2D eigenvalue weighted by molar-refractivity contribution is 5.81. The van der Waals surface area contributed by atoms with Crippen LogP contribution >= 0.6 is 0 Å². The first-order chi connectivity index (χ1) is 13.2. The van der Waals surface area contributed by atoms with E-state index in [0.29, 0.717) is 6.54 Å². The smallest absolute Gasteiger partial charge is 0.228 e. The molecule has 3 fully saturated rings. The largest absolute Gasteiger partial charge is 0.353 e. The van der Waals surface area contributed by atoms with E-state index in [1.54, 1.807) is 6.20 Å². The highest BCUT2D eigenvalue weighted by atomic mass is 16.2. The minimum absolute atomic E-state index is 0.0391. The molecule has 27 heavy (non-hydrogen) atoms. The number of pyridine rings is 1. The van der Waals surface area contributed by atoms with Crippen molar-refractivity contribution in [3.05, 3.63) is 47.7 Å². The van der Waals surface area contributed by atoms with Gasteiger partial charge in [0.25, 0.3) is 0 Å². The number of piperidine rings is 1. The van der Waals surface area contributed by atoms with Gasteiger partial charge < -0.3 is 9.80 Å². The van der Waals surface area contributed by atoms with E-state index >= 15 is 0 Å². The Balaban J connectivity index is 1.61. The molecular weight excluding hydrogens is 338 g/mol. The highest BCUT2D eigenvalue weighted by Gasteiger charge is 2.41. The van der Waals surface area contributed by atoms with Crippen molar-refractivity contribution >= 4 is 11.7 Å². The number of nitrogens with zero attached hydrogens (tertiary/aromatic N) is 5. The van der Waals surface area contributed by atoms with Crippen LogP contribution in [0.15, 0.2) is 30.6 Å². The number of anilines is 1. The third-order valence-corrected chi connectivity index (χ3v) is 5.63. The minimum Gasteiger partial charge on any atom is -0.353 e. The zero-order valence-electron chi connectivity index (χ0n) is 16.1. The predicted octanol–water partition coefficient (Wildman–Crippen LogP) is 2.76. The van der Waals surface area contributed by atoms with Gasteiger partial charge in [0.2, 0.25) is 5.91 Å². The second kappa shape index (κ2) is 7.62. The molecule has 6 heteroatoms. The van der Waals surface area contributed by atoms with Gasteiger partial charge in [-0.05, 0) is 38.3 Å². The zero-order valence-corrected chi connectivity index (χ0v) is 16.1. The minimum atomic E-state index is 0.0391. The van der Waals surface area contributed by atoms with Gasteiger partial charge in [0.15, 0.2) is 0 Å². The molecule has 3 aliphatic heterocycles. The Kier molecular flexibility index (Phi) is 5.05. The summed E-state index contributed by atoms with van der Waals surface area (Å²) >= 11 is 0. The van der Waals surface area contributed by atoms with Crippen LogP contribution in [0.3, 0.4) is 0 Å². The van der Waals surface area contributed by atoms with Gasteiger partial charge in [-0.25, -0.2) is 9.97 Å². The molecule has 5 heterocycles. The van der Waals surface area contributed by atoms with Crippen molar-refractivity contribution in [2.45, 2.75) is 52.1 Å². The second-order valence-corrected chi connectivity index (χ2v) is 7.64. The molecule has 2 aromatic heterocycles. The van der Waals surface area contributed by atoms with E-state index in [-0.39, 0.29) is 17.9 Å². The van der Waals surface area contributed by atoms with Crippen molar-refractivity contribution in [3.8, 4) is 0 Å². The van der Waals surface area contributed by atoms with E-state index in [9.17, 15) is 4.79 Å². The van der Waals surface area contributed by atoms with Crippen LogP contribution in [0.5, 0.6) is 0 Å². The van der Waals surface area contributed by atoms with Crippen molar-refractivity contribution in [1.82, 2.24) is 19.9 Å². The summed E-state index contributed by atoms with van der Waals surface area (Å²) < 4.78 is 0. The topological polar surface area (TPSA) is 62.2 Å². The van der Waals surface area contributed by atoms with Gasteiger partial charge in [0.1, 0.15) is 11.6 Å². The molecule has 2 atom stereocenters. The molecule has 6 nitrogen and oxygen atoms in total. The summed E-state index contributed by atoms with van der Waals surface area (Å²) in [6.07, 6.45) is 7.79. The van der Waals surface area contributed by atoms with Gasteiger partial charge in [-0.3, -0.25) is 9.78 Å². The number of aromatic nitrogens is 3. The Morgan fingerprint density at radius 2 is 2.07 bits per heavy atom. The number of hydrogen-bond donors (Lipinski definition) is 0. The summed E-state index contributed by atoms with van der Waals surface area (Å²) in [5.41, 5.74) is 2.14. The maximum absolute atomic E-state index is 13.1. The van der Waals surface area contributed by atoms with E-state index in [1.165, 1.54) is 5.56 Å². The average Bonchev–Trinajstić information content (AvgIpc) is 2.97. The number of fused-ring (bicyclic) bond motifs is 4. The van der Waals surface area contributed by atoms with Crippen LogP contribution in [-0.2, 0) is 17.8 Å². The molecule has 0 aromatic carbocycles. The highest BCUT2D eigenvalue weighted by Crippen LogP contribution is 2.33. The molecule has 0 radical (unpaired) electrons. The van der Waals surface area contributed by atoms with Crippen LogP contribution in [0.1, 0.15) is 43.3 Å². The summed E-state index contributed by atoms with van der Waals surface area (Å²) in [5, 5.41) is 0. The molecule has 5 rings (SSSR count). The van der Waals surface area contributed by atoms with Crippen molar-refractivity contribution in [2.75, 3.05) is 18.0 Å². The van der Waals surface area contributed by atoms with E-state index in [2.05, 4.69) is 21.8 Å². The van der Waals surface area contributed by atoms with Gasteiger partial charge in [-0.15, -0.1) is 0 Å². The van der Waals surface area contributed by atoms with Crippen LogP contribution in [0, 0.1) is 12.8 Å². The summed E-state index contributed by atoms with van der Waals surface area (Å²) in [6, 6.07) is 6.10. The first-order valence-corrected chi connectivity index (χ1v) is 9.93. The molecule has 1 amide bonds. The summed E-state index contributed by atoms with van der Waals surface area (Å²) in [4.78, 5) is 31.1. The molecule has 0 spiro atoms. The zero-order chi connectivity index (χ0) is 18.8. The quantitative estimate of drug-likeness (QED) is 0.815. The van der Waals surface area contributed by atoms with Gasteiger partial charge in [-0.1, -0.05) is 19.4 Å². The second-order valence-electron chi connectivity index (χ2n) is 7.64. The molecule has 0 saturated carbocycles. The molecule has 0 aliphatic carbocycles. The van der Waals surface area contributed by atoms with E-state index in [4.69, 9.17) is 4.98 Å². The standard InChI is InChI=1S/C21H27N5O/c1-3-6-16-11-23-15(2)24-20(16)25-12-17-8-9-19(14-25)26(21(17)27)13-18-7-4-5-10-22-18/h4-5,7,10-11,17,19H,3,6,8-9,12-14H2,1-2H3/t17-,19+/m1/s1. The number of carbonyl (C=O) groups excluding carboxylic acids is 1. The van der Waals surface area contributed by atoms with Crippen LogP contribution in [-0.4, -0.2) is 44.9 Å². The van der Waals surface area contributed by atoms with Gasteiger partial charge >= 0.3 is 0 Å². The van der Waals surface area contributed by atoms with Crippen molar-refractivity contribution < 1.29 is 4.79 Å². The molecule has 142 valence electrons. The SMILES string of the molecule is CCCc1cnc(C)nc1N1C[C@H]2CC[C@@H](C1)N(Cc1ccccn1)C2=O. The van der Waals surface area contributed by atoms with E-state index in [0.717, 1.165) is 56.1 Å². The molecule has 3 saturated heterocycles. The fourth-order valence-electron chi connectivity index (χ4n) is 4.29. The van der Waals surface area contributed by atoms with Crippen LogP contribution in [0.4, 0.5) is 5.82 Å². The third-order valence-electron chi connectivity index (χ3n) is 5.63. The lowest BCUT2D eigenvalue weighted by molar-refractivity contribution is -0.140. The molecule has 2 bridgehead atoms. The van der Waals surface area contributed by atoms with Crippen LogP contribution < -0.4 is 4.90 Å². The van der Waals surface area contributed by atoms with Gasteiger partial charge in [0.05, 0.1) is 18.2 Å². The monoisotopic (exact) mass is 365 g/mol. The van der Waals surface area contributed by atoms with Gasteiger partial charge in [0, 0.05) is 37.1 Å². The first kappa shape index (κ1) is 17.9. The summed E-state index contributed by atoms with van der Waals surface area (Å²) in [5.74, 6) is 2.12. The fraction of sp³-hybridized carbons (Fsp3) is 0.524. The number of aryl methyl sites for hydroxylation is 2. The Hall–Kier alpha value is -2.50. The first-order valence-electron chi connectivity index (χ1n) is 9.93. The van der Waals surface area contributed by atoms with Crippen molar-refractivity contribution in [2.24, 2.45) is 5.92 Å². The lowest BCUT2D eigenvalue weighted by Crippen LogP contribution is -2.47. The Labute approximate surface area is 160 Å². The number of rotatable bonds is 5. The Morgan fingerprint density at radius 3 is 2.85 bits per heavy atom. The number of amides is 1. The van der Waals surface area contributed by atoms with Crippen LogP contribution in [0.25, 0.3) is 0 Å². The summed E-state index contributed by atoms with van der Waals surface area (Å²) in [7, 11) is 0. The lowest BCUT2D eigenvalue weighted by atomic mass is 9.94. The number of hydrogen-bond acceptors (Lipinski definition) is 5. The van der Waals surface area contributed by atoms with E-state index in [1.807, 2.05) is 36.2 Å². The third kappa shape index (κ3) is 3.66. The van der Waals surface area contributed by atoms with Crippen molar-refractivity contribution in [1.29, 1.82) is 0 Å². The molecule has 0 N–H and O–H groups in total. The van der Waals surface area contributed by atoms with E-state index < -0.39 is 0 Å². The maximum atomic E-state index is 13.1. The van der Waals surface area contributed by atoms with Crippen LogP contribution in [0.2, 0.25) is 0 Å². The maximum Gasteiger partial charge on any atom is 0.228 e. The predicted molar refractivity (Wildman–Crippen MR) is 104 cm³/mol. The van der Waals surface area contributed by atoms with Crippen molar-refractivity contribution in [3.63, 3.8) is 0 Å². The molecule has 2 aromatic rings. The Bertz CT molecular complexity index is 809.